The maximum atomic E-state index is 12.4. The highest BCUT2D eigenvalue weighted by atomic mass is 35.5. The van der Waals surface area contributed by atoms with E-state index in [9.17, 15) is 8.42 Å². The molecule has 0 aliphatic heterocycles. The fourth-order valence-electron chi connectivity index (χ4n) is 2.77. The Bertz CT molecular complexity index is 1130. The summed E-state index contributed by atoms with van der Waals surface area (Å²) in [6.45, 7) is 2.33. The van der Waals surface area contributed by atoms with Gasteiger partial charge in [-0.25, -0.2) is 17.7 Å². The molecule has 6 nitrogen and oxygen atoms in total. The fourth-order valence-corrected chi connectivity index (χ4v) is 3.91. The minimum atomic E-state index is -3.50. The van der Waals surface area contributed by atoms with Crippen molar-refractivity contribution in [1.82, 2.24) is 9.29 Å². The summed E-state index contributed by atoms with van der Waals surface area (Å²) in [5, 5.41) is 4.62. The average molecular weight is 420 g/mol. The molecule has 0 saturated heterocycles. The average Bonchev–Trinajstić information content (AvgIpc) is 2.66. The molecule has 0 fully saturated rings. The quantitative estimate of drug-likeness (QED) is 0.610. The van der Waals surface area contributed by atoms with Crippen molar-refractivity contribution in [3.63, 3.8) is 0 Å². The van der Waals surface area contributed by atoms with Crippen molar-refractivity contribution in [3.05, 3.63) is 58.7 Å². The standard InChI is InChI=1S/C20H22ClN3O3S/c1-13-5-8-17(28(25,26)24(2)3)11-18(13)22-12-15-9-14-6-7-16(27-4)10-19(14)23-20(15)21/h5-11,22H,12H2,1-4H3. The van der Waals surface area contributed by atoms with Crippen LogP contribution in [0.1, 0.15) is 11.1 Å². The van der Waals surface area contributed by atoms with Crippen molar-refractivity contribution < 1.29 is 13.2 Å². The highest BCUT2D eigenvalue weighted by Gasteiger charge is 2.18. The SMILES string of the molecule is COc1ccc2cc(CNc3cc(S(=O)(=O)N(C)C)ccc3C)c(Cl)nc2c1. The Hall–Kier alpha value is -2.35. The number of nitrogens with zero attached hydrogens (tertiary/aromatic N) is 2. The number of hydrogen-bond acceptors (Lipinski definition) is 5. The van der Waals surface area contributed by atoms with Crippen LogP contribution in [0.5, 0.6) is 5.75 Å². The van der Waals surface area contributed by atoms with E-state index in [4.69, 9.17) is 16.3 Å². The van der Waals surface area contributed by atoms with Crippen LogP contribution in [0, 0.1) is 6.92 Å². The molecule has 0 radical (unpaired) electrons. The lowest BCUT2D eigenvalue weighted by atomic mass is 10.1. The molecule has 28 heavy (non-hydrogen) atoms. The molecule has 8 heteroatoms. The van der Waals surface area contributed by atoms with E-state index in [0.717, 1.165) is 33.5 Å². The molecule has 0 saturated carbocycles. The number of ether oxygens (including phenoxy) is 1. The Balaban J connectivity index is 1.89. The number of rotatable bonds is 6. The summed E-state index contributed by atoms with van der Waals surface area (Å²) in [4.78, 5) is 4.68. The van der Waals surface area contributed by atoms with E-state index in [-0.39, 0.29) is 4.90 Å². The van der Waals surface area contributed by atoms with Crippen LogP contribution in [-0.4, -0.2) is 38.9 Å². The second-order valence-corrected chi connectivity index (χ2v) is 9.12. The van der Waals surface area contributed by atoms with Gasteiger partial charge in [0.1, 0.15) is 10.9 Å². The van der Waals surface area contributed by atoms with Crippen LogP contribution in [0.3, 0.4) is 0 Å². The van der Waals surface area contributed by atoms with E-state index >= 15 is 0 Å². The Labute approximate surface area is 170 Å². The summed E-state index contributed by atoms with van der Waals surface area (Å²) < 4.78 is 31.2. The molecule has 3 rings (SSSR count). The van der Waals surface area contributed by atoms with Crippen LogP contribution in [-0.2, 0) is 16.6 Å². The van der Waals surface area contributed by atoms with Gasteiger partial charge in [0.2, 0.25) is 10.0 Å². The number of methoxy groups -OCH3 is 1. The third-order valence-corrected chi connectivity index (χ3v) is 6.65. The molecule has 1 N–H and O–H groups in total. The van der Waals surface area contributed by atoms with E-state index in [1.54, 1.807) is 25.3 Å². The van der Waals surface area contributed by atoms with Crippen LogP contribution < -0.4 is 10.1 Å². The molecule has 2 aromatic carbocycles. The first-order chi connectivity index (χ1) is 13.2. The molecule has 148 valence electrons. The summed E-state index contributed by atoms with van der Waals surface area (Å²) >= 11 is 6.36. The smallest absolute Gasteiger partial charge is 0.242 e. The van der Waals surface area contributed by atoms with Gasteiger partial charge in [-0.3, -0.25) is 0 Å². The molecule has 1 heterocycles. The molecule has 0 aliphatic rings. The Morgan fingerprint density at radius 2 is 1.89 bits per heavy atom. The summed E-state index contributed by atoms with van der Waals surface area (Å²) in [5.41, 5.74) is 3.24. The van der Waals surface area contributed by atoms with Gasteiger partial charge in [-0.15, -0.1) is 0 Å². The largest absolute Gasteiger partial charge is 0.497 e. The van der Waals surface area contributed by atoms with Gasteiger partial charge < -0.3 is 10.1 Å². The minimum absolute atomic E-state index is 0.237. The maximum Gasteiger partial charge on any atom is 0.242 e. The molecule has 0 spiro atoms. The lowest BCUT2D eigenvalue weighted by Crippen LogP contribution is -2.22. The normalized spacial score (nSPS) is 11.8. The monoisotopic (exact) mass is 419 g/mol. The molecule has 1 aromatic heterocycles. The van der Waals surface area contributed by atoms with E-state index in [2.05, 4.69) is 10.3 Å². The van der Waals surface area contributed by atoms with Gasteiger partial charge in [-0.05, 0) is 42.8 Å². The van der Waals surface area contributed by atoms with Gasteiger partial charge in [-0.2, -0.15) is 0 Å². The first-order valence-corrected chi connectivity index (χ1v) is 10.4. The van der Waals surface area contributed by atoms with Gasteiger partial charge >= 0.3 is 0 Å². The number of hydrogen-bond donors (Lipinski definition) is 1. The molecule has 0 unspecified atom stereocenters. The van der Waals surface area contributed by atoms with Crippen LogP contribution in [0.25, 0.3) is 10.9 Å². The first-order valence-electron chi connectivity index (χ1n) is 8.62. The van der Waals surface area contributed by atoms with Gasteiger partial charge in [-0.1, -0.05) is 17.7 Å². The second kappa shape index (κ2) is 7.95. The van der Waals surface area contributed by atoms with Crippen molar-refractivity contribution in [2.75, 3.05) is 26.5 Å². The third kappa shape index (κ3) is 4.06. The number of fused-ring (bicyclic) bond motifs is 1. The summed E-state index contributed by atoms with van der Waals surface area (Å²) in [6.07, 6.45) is 0. The van der Waals surface area contributed by atoms with Crippen LogP contribution in [0.2, 0.25) is 5.15 Å². The Morgan fingerprint density at radius 3 is 2.57 bits per heavy atom. The van der Waals surface area contributed by atoms with Crippen molar-refractivity contribution in [2.24, 2.45) is 0 Å². The third-order valence-electron chi connectivity index (χ3n) is 4.51. The lowest BCUT2D eigenvalue weighted by molar-refractivity contribution is 0.415. The van der Waals surface area contributed by atoms with Gasteiger partial charge in [0.15, 0.2) is 0 Å². The van der Waals surface area contributed by atoms with E-state index < -0.39 is 10.0 Å². The second-order valence-electron chi connectivity index (χ2n) is 6.61. The summed E-state index contributed by atoms with van der Waals surface area (Å²) in [5.74, 6) is 0.719. The first kappa shape index (κ1) is 20.4. The predicted octanol–water partition coefficient (Wildman–Crippen LogP) is 4.07. The summed E-state index contributed by atoms with van der Waals surface area (Å²) in [7, 11) is 1.13. The molecular formula is C20H22ClN3O3S. The highest BCUT2D eigenvalue weighted by molar-refractivity contribution is 7.89. The predicted molar refractivity (Wildman–Crippen MR) is 113 cm³/mol. The molecule has 0 amide bonds. The van der Waals surface area contributed by atoms with Crippen molar-refractivity contribution in [2.45, 2.75) is 18.4 Å². The van der Waals surface area contributed by atoms with Crippen molar-refractivity contribution in [1.29, 1.82) is 0 Å². The Kier molecular flexibility index (Phi) is 5.79. The number of pyridine rings is 1. The van der Waals surface area contributed by atoms with Gasteiger partial charge in [0.25, 0.3) is 0 Å². The molecule has 0 atom stereocenters. The van der Waals surface area contributed by atoms with E-state index in [0.29, 0.717) is 11.7 Å². The van der Waals surface area contributed by atoms with Crippen LogP contribution in [0.15, 0.2) is 47.4 Å². The molecule has 3 aromatic rings. The van der Waals surface area contributed by atoms with E-state index in [1.165, 1.54) is 18.4 Å². The van der Waals surface area contributed by atoms with Crippen LogP contribution in [0.4, 0.5) is 5.69 Å². The van der Waals surface area contributed by atoms with E-state index in [1.807, 2.05) is 31.2 Å². The topological polar surface area (TPSA) is 71.5 Å². The number of aryl methyl sites for hydroxylation is 1. The van der Waals surface area contributed by atoms with Crippen molar-refractivity contribution in [3.8, 4) is 5.75 Å². The lowest BCUT2D eigenvalue weighted by Gasteiger charge is -2.15. The Morgan fingerprint density at radius 1 is 1.14 bits per heavy atom. The number of aromatic nitrogens is 1. The molecule has 0 aliphatic carbocycles. The maximum absolute atomic E-state index is 12.4. The van der Waals surface area contributed by atoms with Crippen LogP contribution >= 0.6 is 11.6 Å². The number of nitrogens with one attached hydrogen (secondary N) is 1. The number of sulfonamides is 1. The summed E-state index contributed by atoms with van der Waals surface area (Å²) in [6, 6.07) is 12.6. The zero-order chi connectivity index (χ0) is 20.5. The molecule has 0 bridgehead atoms. The fraction of sp³-hybridized carbons (Fsp3) is 0.250. The molecular weight excluding hydrogens is 398 g/mol. The number of halogens is 1. The number of benzene rings is 2. The minimum Gasteiger partial charge on any atom is -0.497 e. The zero-order valence-corrected chi connectivity index (χ0v) is 17.7. The van der Waals surface area contributed by atoms with Crippen molar-refractivity contribution >= 4 is 38.2 Å². The highest BCUT2D eigenvalue weighted by Crippen LogP contribution is 2.26. The number of anilines is 1. The van der Waals surface area contributed by atoms with Gasteiger partial charge in [0.05, 0.1) is 17.5 Å². The zero-order valence-electron chi connectivity index (χ0n) is 16.2. The van der Waals surface area contributed by atoms with Gasteiger partial charge in [0, 0.05) is 43.3 Å².